The Hall–Kier alpha value is -0.670. The first-order chi connectivity index (χ1) is 8.16. The number of ether oxygens (including phenoxy) is 1. The van der Waals surface area contributed by atoms with E-state index >= 15 is 0 Å². The molecule has 2 heterocycles. The van der Waals surface area contributed by atoms with E-state index in [1.54, 1.807) is 11.8 Å². The third kappa shape index (κ3) is 1.85. The molecule has 3 rings (SSSR count). The van der Waals surface area contributed by atoms with Gasteiger partial charge in [0.2, 0.25) is 0 Å². The van der Waals surface area contributed by atoms with Gasteiger partial charge in [0.1, 0.15) is 5.75 Å². The second-order valence-corrected chi connectivity index (χ2v) is 6.38. The minimum absolute atomic E-state index is 0.154. The number of Topliss-reactive ketones (excluding diaryl/α,β-unsaturated/α-hetero) is 1. The van der Waals surface area contributed by atoms with E-state index in [4.69, 9.17) is 16.3 Å². The molecule has 0 N–H and O–H groups in total. The fraction of sp³-hybridized carbons (Fsp3) is 0.462. The summed E-state index contributed by atoms with van der Waals surface area (Å²) in [6.45, 7) is 2.79. The van der Waals surface area contributed by atoms with Crippen LogP contribution in [-0.4, -0.2) is 17.6 Å². The fourth-order valence-electron chi connectivity index (χ4n) is 2.46. The number of benzene rings is 1. The van der Waals surface area contributed by atoms with Crippen molar-refractivity contribution in [3.05, 3.63) is 27.8 Å². The zero-order valence-electron chi connectivity index (χ0n) is 9.59. The molecule has 2 aliphatic heterocycles. The van der Waals surface area contributed by atoms with Crippen LogP contribution in [0.5, 0.6) is 5.75 Å². The molecule has 2 aliphatic rings. The second kappa shape index (κ2) is 4.21. The van der Waals surface area contributed by atoms with Crippen LogP contribution in [0.3, 0.4) is 0 Å². The van der Waals surface area contributed by atoms with Crippen molar-refractivity contribution in [1.29, 1.82) is 0 Å². The smallest absolute Gasteiger partial charge is 0.165 e. The van der Waals surface area contributed by atoms with Gasteiger partial charge in [0, 0.05) is 35.0 Å². The Balaban J connectivity index is 2.20. The molecule has 0 amide bonds. The van der Waals surface area contributed by atoms with Crippen LogP contribution in [-0.2, 0) is 12.2 Å². The molecule has 0 aromatic heterocycles. The first kappa shape index (κ1) is 11.4. The predicted octanol–water partition coefficient (Wildman–Crippen LogP) is 3.48. The number of halogens is 1. The maximum Gasteiger partial charge on any atom is 0.165 e. The van der Waals surface area contributed by atoms with Gasteiger partial charge in [0.25, 0.3) is 0 Å². The van der Waals surface area contributed by atoms with E-state index < -0.39 is 0 Å². The summed E-state index contributed by atoms with van der Waals surface area (Å²) in [5.74, 6) is 1.89. The average Bonchev–Trinajstić information content (AvgIpc) is 2.66. The van der Waals surface area contributed by atoms with Gasteiger partial charge in [0.05, 0.1) is 11.6 Å². The van der Waals surface area contributed by atoms with Gasteiger partial charge < -0.3 is 4.74 Å². The van der Waals surface area contributed by atoms with Crippen molar-refractivity contribution < 1.29 is 9.53 Å². The van der Waals surface area contributed by atoms with Crippen LogP contribution < -0.4 is 4.74 Å². The molecule has 0 aliphatic carbocycles. The van der Waals surface area contributed by atoms with Crippen molar-refractivity contribution in [3.63, 3.8) is 0 Å². The molecule has 0 saturated carbocycles. The van der Waals surface area contributed by atoms with Gasteiger partial charge in [-0.3, -0.25) is 4.79 Å². The minimum atomic E-state index is 0.154. The van der Waals surface area contributed by atoms with E-state index in [-0.39, 0.29) is 5.78 Å². The summed E-state index contributed by atoms with van der Waals surface area (Å²) in [4.78, 5) is 12.2. The monoisotopic (exact) mass is 268 g/mol. The van der Waals surface area contributed by atoms with Crippen LogP contribution in [0.2, 0.25) is 5.02 Å². The summed E-state index contributed by atoms with van der Waals surface area (Å²) in [6.07, 6.45) is 1.47. The molecular weight excluding hydrogens is 256 g/mol. The van der Waals surface area contributed by atoms with Crippen LogP contribution in [0.1, 0.15) is 34.8 Å². The average molecular weight is 269 g/mol. The molecule has 0 spiro atoms. The Labute approximate surface area is 110 Å². The molecule has 0 saturated heterocycles. The molecule has 0 fully saturated rings. The van der Waals surface area contributed by atoms with Crippen molar-refractivity contribution >= 4 is 29.1 Å². The predicted molar refractivity (Wildman–Crippen MR) is 70.4 cm³/mol. The van der Waals surface area contributed by atoms with Crippen molar-refractivity contribution in [2.45, 2.75) is 30.8 Å². The van der Waals surface area contributed by atoms with Gasteiger partial charge in [-0.05, 0) is 11.6 Å². The van der Waals surface area contributed by atoms with Crippen LogP contribution in [0, 0.1) is 0 Å². The number of ketones is 1. The lowest BCUT2D eigenvalue weighted by molar-refractivity contribution is 0.0983. The van der Waals surface area contributed by atoms with Crippen molar-refractivity contribution in [1.82, 2.24) is 0 Å². The molecule has 17 heavy (non-hydrogen) atoms. The maximum absolute atomic E-state index is 12.2. The first-order valence-electron chi connectivity index (χ1n) is 5.78. The summed E-state index contributed by atoms with van der Waals surface area (Å²) < 4.78 is 5.67. The van der Waals surface area contributed by atoms with E-state index in [1.807, 2.05) is 6.07 Å². The van der Waals surface area contributed by atoms with Gasteiger partial charge in [0.15, 0.2) is 5.78 Å². The molecule has 1 aromatic rings. The Morgan fingerprint density at radius 3 is 3.18 bits per heavy atom. The molecule has 0 bridgehead atoms. The summed E-state index contributed by atoms with van der Waals surface area (Å²) in [7, 11) is 0. The highest BCUT2D eigenvalue weighted by Crippen LogP contribution is 2.42. The summed E-state index contributed by atoms with van der Waals surface area (Å²) >= 11 is 8.06. The van der Waals surface area contributed by atoms with Gasteiger partial charge in [-0.15, -0.1) is 0 Å². The van der Waals surface area contributed by atoms with Gasteiger partial charge in [-0.2, -0.15) is 11.8 Å². The summed E-state index contributed by atoms with van der Waals surface area (Å²) in [6, 6.07) is 1.90. The number of carbonyl (C=O) groups excluding carboxylic acids is 1. The third-order valence-corrected chi connectivity index (χ3v) is 4.78. The summed E-state index contributed by atoms with van der Waals surface area (Å²) in [5, 5.41) is 0.951. The van der Waals surface area contributed by atoms with Crippen molar-refractivity contribution in [2.75, 3.05) is 6.61 Å². The molecule has 1 atom stereocenters. The number of hydrogen-bond donors (Lipinski definition) is 0. The van der Waals surface area contributed by atoms with E-state index in [1.165, 1.54) is 0 Å². The zero-order chi connectivity index (χ0) is 12.0. The Bertz CT molecular complexity index is 499. The molecule has 1 unspecified atom stereocenters. The number of carbonyl (C=O) groups is 1. The quantitative estimate of drug-likeness (QED) is 0.721. The van der Waals surface area contributed by atoms with Crippen LogP contribution in [0.4, 0.5) is 0 Å². The van der Waals surface area contributed by atoms with E-state index in [2.05, 4.69) is 6.92 Å². The Morgan fingerprint density at radius 2 is 2.35 bits per heavy atom. The Kier molecular flexibility index (Phi) is 2.83. The third-order valence-electron chi connectivity index (χ3n) is 3.29. The van der Waals surface area contributed by atoms with Crippen molar-refractivity contribution in [3.8, 4) is 5.75 Å². The number of fused-ring (bicyclic) bond motifs is 3. The zero-order valence-corrected chi connectivity index (χ0v) is 11.2. The van der Waals surface area contributed by atoms with Crippen LogP contribution in [0.25, 0.3) is 0 Å². The van der Waals surface area contributed by atoms with E-state index in [0.717, 1.165) is 29.1 Å². The topological polar surface area (TPSA) is 26.3 Å². The minimum Gasteiger partial charge on any atom is -0.493 e. The number of rotatable bonds is 0. The summed E-state index contributed by atoms with van der Waals surface area (Å²) in [5.41, 5.74) is 2.87. The lowest BCUT2D eigenvalue weighted by Gasteiger charge is -2.11. The lowest BCUT2D eigenvalue weighted by Crippen LogP contribution is -2.06. The number of hydrogen-bond acceptors (Lipinski definition) is 3. The Morgan fingerprint density at radius 1 is 1.53 bits per heavy atom. The molecule has 2 nitrogen and oxygen atoms in total. The van der Waals surface area contributed by atoms with Gasteiger partial charge >= 0.3 is 0 Å². The highest BCUT2D eigenvalue weighted by atomic mass is 35.5. The second-order valence-electron chi connectivity index (χ2n) is 4.55. The maximum atomic E-state index is 12.2. The standard InChI is InChI=1S/C13H13ClO2S/c1-7-4-11(15)12-9(6-17-7)13-8(2-3-16-13)5-10(12)14/h5,7H,2-4,6H2,1H3. The van der Waals surface area contributed by atoms with Gasteiger partial charge in [-0.25, -0.2) is 0 Å². The fourth-order valence-corrected chi connectivity index (χ4v) is 3.80. The highest BCUT2D eigenvalue weighted by molar-refractivity contribution is 7.99. The number of thioether (sulfide) groups is 1. The SMILES string of the molecule is CC1CC(=O)c2c(Cl)cc3c(c2CS1)OCC3. The molecule has 1 aromatic carbocycles. The first-order valence-corrected chi connectivity index (χ1v) is 7.21. The molecule has 0 radical (unpaired) electrons. The highest BCUT2D eigenvalue weighted by Gasteiger charge is 2.29. The molecular formula is C13H13ClO2S. The largest absolute Gasteiger partial charge is 0.493 e. The van der Waals surface area contributed by atoms with E-state index in [9.17, 15) is 4.79 Å². The normalized spacial score (nSPS) is 22.7. The lowest BCUT2D eigenvalue weighted by atomic mass is 9.98. The van der Waals surface area contributed by atoms with Crippen LogP contribution in [0.15, 0.2) is 6.07 Å². The molecule has 4 heteroatoms. The van der Waals surface area contributed by atoms with Gasteiger partial charge in [-0.1, -0.05) is 18.5 Å². The van der Waals surface area contributed by atoms with Crippen LogP contribution >= 0.6 is 23.4 Å². The van der Waals surface area contributed by atoms with Crippen molar-refractivity contribution in [2.24, 2.45) is 0 Å². The molecule has 90 valence electrons. The van der Waals surface area contributed by atoms with E-state index in [0.29, 0.717) is 28.9 Å².